The van der Waals surface area contributed by atoms with Gasteiger partial charge in [-0.1, -0.05) is 19.9 Å². The summed E-state index contributed by atoms with van der Waals surface area (Å²) >= 11 is 0. The van der Waals surface area contributed by atoms with E-state index in [1.54, 1.807) is 0 Å². The zero-order valence-electron chi connectivity index (χ0n) is 12.5. The standard InChI is InChI=1S/C18H19N3/c1-12(2)13-7-8-19-17(10-13)14-3-6-18-15(9-14)11-20-21(18)16-4-5-16/h3,6-12,16H,4-5H2,1-2H3. The number of fused-ring (bicyclic) bond motifs is 1. The number of benzene rings is 1. The Kier molecular flexibility index (Phi) is 2.81. The van der Waals surface area contributed by atoms with Crippen LogP contribution in [-0.2, 0) is 0 Å². The SMILES string of the molecule is CC(C)c1ccnc(-c2ccc3c(cnn3C3CC3)c2)c1. The number of rotatable bonds is 3. The Morgan fingerprint density at radius 2 is 2.00 bits per heavy atom. The minimum Gasteiger partial charge on any atom is -0.262 e. The van der Waals surface area contributed by atoms with Crippen molar-refractivity contribution in [2.75, 3.05) is 0 Å². The minimum atomic E-state index is 0.521. The Hall–Kier alpha value is -2.16. The molecule has 0 bridgehead atoms. The fourth-order valence-corrected chi connectivity index (χ4v) is 2.79. The fourth-order valence-electron chi connectivity index (χ4n) is 2.79. The van der Waals surface area contributed by atoms with Crippen LogP contribution in [0.3, 0.4) is 0 Å². The average Bonchev–Trinajstić information content (AvgIpc) is 3.26. The van der Waals surface area contributed by atoms with Crippen LogP contribution in [0.1, 0.15) is 44.2 Å². The molecular weight excluding hydrogens is 258 g/mol. The predicted molar refractivity (Wildman–Crippen MR) is 85.3 cm³/mol. The molecule has 3 heteroatoms. The smallest absolute Gasteiger partial charge is 0.0705 e. The molecule has 4 rings (SSSR count). The van der Waals surface area contributed by atoms with Gasteiger partial charge in [0.1, 0.15) is 0 Å². The molecule has 1 aliphatic carbocycles. The molecule has 2 heterocycles. The van der Waals surface area contributed by atoms with Crippen molar-refractivity contribution in [3.63, 3.8) is 0 Å². The molecule has 0 spiro atoms. The van der Waals surface area contributed by atoms with E-state index in [9.17, 15) is 0 Å². The summed E-state index contributed by atoms with van der Waals surface area (Å²) in [6.45, 7) is 4.42. The highest BCUT2D eigenvalue weighted by atomic mass is 15.3. The van der Waals surface area contributed by atoms with Gasteiger partial charge >= 0.3 is 0 Å². The van der Waals surface area contributed by atoms with Crippen LogP contribution in [-0.4, -0.2) is 14.8 Å². The largest absolute Gasteiger partial charge is 0.262 e. The molecule has 3 nitrogen and oxygen atoms in total. The van der Waals surface area contributed by atoms with Gasteiger partial charge in [0.05, 0.1) is 23.4 Å². The lowest BCUT2D eigenvalue weighted by Crippen LogP contribution is -1.95. The zero-order valence-corrected chi connectivity index (χ0v) is 12.5. The summed E-state index contributed by atoms with van der Waals surface area (Å²) in [6.07, 6.45) is 6.40. The maximum atomic E-state index is 4.53. The Morgan fingerprint density at radius 3 is 2.76 bits per heavy atom. The van der Waals surface area contributed by atoms with Gasteiger partial charge in [-0.2, -0.15) is 5.10 Å². The summed E-state index contributed by atoms with van der Waals surface area (Å²) in [5.41, 5.74) is 4.78. The van der Waals surface area contributed by atoms with Crippen LogP contribution in [0.4, 0.5) is 0 Å². The van der Waals surface area contributed by atoms with Crippen molar-refractivity contribution in [3.05, 3.63) is 48.3 Å². The van der Waals surface area contributed by atoms with Crippen LogP contribution in [0.15, 0.2) is 42.7 Å². The van der Waals surface area contributed by atoms with Crippen molar-refractivity contribution >= 4 is 10.9 Å². The third-order valence-electron chi connectivity index (χ3n) is 4.23. The Morgan fingerprint density at radius 1 is 1.14 bits per heavy atom. The van der Waals surface area contributed by atoms with Gasteiger partial charge in [-0.05, 0) is 48.6 Å². The first-order chi connectivity index (χ1) is 10.2. The maximum absolute atomic E-state index is 4.53. The third kappa shape index (κ3) is 2.23. The molecule has 3 aromatic rings. The summed E-state index contributed by atoms with van der Waals surface area (Å²) in [5, 5.41) is 5.74. The maximum Gasteiger partial charge on any atom is 0.0705 e. The van der Waals surface area contributed by atoms with Gasteiger partial charge in [0.25, 0.3) is 0 Å². The number of hydrogen-bond acceptors (Lipinski definition) is 2. The number of aromatic nitrogens is 3. The van der Waals surface area contributed by atoms with Crippen molar-refractivity contribution in [1.82, 2.24) is 14.8 Å². The van der Waals surface area contributed by atoms with Crippen LogP contribution in [0.5, 0.6) is 0 Å². The molecule has 1 saturated carbocycles. The first-order valence-electron chi connectivity index (χ1n) is 7.66. The second kappa shape index (κ2) is 4.69. The highest BCUT2D eigenvalue weighted by Crippen LogP contribution is 2.37. The first kappa shape index (κ1) is 12.6. The second-order valence-electron chi connectivity index (χ2n) is 6.22. The number of pyridine rings is 1. The molecule has 0 amide bonds. The van der Waals surface area contributed by atoms with E-state index in [4.69, 9.17) is 0 Å². The van der Waals surface area contributed by atoms with Gasteiger partial charge in [-0.25, -0.2) is 0 Å². The van der Waals surface area contributed by atoms with E-state index >= 15 is 0 Å². The summed E-state index contributed by atoms with van der Waals surface area (Å²) in [7, 11) is 0. The van der Waals surface area contributed by atoms with Crippen LogP contribution in [0.2, 0.25) is 0 Å². The molecule has 0 atom stereocenters. The van der Waals surface area contributed by atoms with Gasteiger partial charge in [0.15, 0.2) is 0 Å². The molecule has 0 N–H and O–H groups in total. The molecule has 1 aromatic carbocycles. The van der Waals surface area contributed by atoms with E-state index in [-0.39, 0.29) is 0 Å². The summed E-state index contributed by atoms with van der Waals surface area (Å²) in [4.78, 5) is 4.53. The van der Waals surface area contributed by atoms with Crippen LogP contribution >= 0.6 is 0 Å². The molecule has 0 aliphatic heterocycles. The monoisotopic (exact) mass is 277 g/mol. The number of hydrogen-bond donors (Lipinski definition) is 0. The van der Waals surface area contributed by atoms with Gasteiger partial charge in [-0.15, -0.1) is 0 Å². The second-order valence-corrected chi connectivity index (χ2v) is 6.22. The fraction of sp³-hybridized carbons (Fsp3) is 0.333. The summed E-state index contributed by atoms with van der Waals surface area (Å²) < 4.78 is 2.16. The molecule has 106 valence electrons. The Balaban J connectivity index is 1.78. The molecule has 2 aromatic heterocycles. The molecule has 0 unspecified atom stereocenters. The average molecular weight is 277 g/mol. The van der Waals surface area contributed by atoms with E-state index in [2.05, 4.69) is 58.9 Å². The highest BCUT2D eigenvalue weighted by molar-refractivity contribution is 5.84. The molecular formula is C18H19N3. The lowest BCUT2D eigenvalue weighted by Gasteiger charge is -2.08. The van der Waals surface area contributed by atoms with Gasteiger partial charge < -0.3 is 0 Å². The molecule has 1 aliphatic rings. The minimum absolute atomic E-state index is 0.521. The molecule has 0 saturated heterocycles. The van der Waals surface area contributed by atoms with E-state index < -0.39 is 0 Å². The van der Waals surface area contributed by atoms with E-state index in [0.717, 1.165) is 5.69 Å². The van der Waals surface area contributed by atoms with Gasteiger partial charge in [-0.3, -0.25) is 9.67 Å². The quantitative estimate of drug-likeness (QED) is 0.702. The van der Waals surface area contributed by atoms with E-state index in [1.165, 1.54) is 34.9 Å². The van der Waals surface area contributed by atoms with Crippen molar-refractivity contribution in [2.45, 2.75) is 38.6 Å². The van der Waals surface area contributed by atoms with Gasteiger partial charge in [0, 0.05) is 17.1 Å². The van der Waals surface area contributed by atoms with Crippen molar-refractivity contribution < 1.29 is 0 Å². The van der Waals surface area contributed by atoms with Crippen LogP contribution in [0, 0.1) is 0 Å². The van der Waals surface area contributed by atoms with Crippen LogP contribution < -0.4 is 0 Å². The lowest BCUT2D eigenvalue weighted by atomic mass is 10.0. The molecule has 1 fully saturated rings. The highest BCUT2D eigenvalue weighted by Gasteiger charge is 2.25. The summed E-state index contributed by atoms with van der Waals surface area (Å²) in [5.74, 6) is 0.521. The number of nitrogens with zero attached hydrogens (tertiary/aromatic N) is 3. The Bertz CT molecular complexity index is 797. The van der Waals surface area contributed by atoms with Gasteiger partial charge in [0.2, 0.25) is 0 Å². The van der Waals surface area contributed by atoms with E-state index in [0.29, 0.717) is 12.0 Å². The molecule has 0 radical (unpaired) electrons. The van der Waals surface area contributed by atoms with Crippen molar-refractivity contribution in [2.24, 2.45) is 0 Å². The topological polar surface area (TPSA) is 30.7 Å². The van der Waals surface area contributed by atoms with Crippen molar-refractivity contribution in [3.8, 4) is 11.3 Å². The third-order valence-corrected chi connectivity index (χ3v) is 4.23. The first-order valence-corrected chi connectivity index (χ1v) is 7.66. The normalized spacial score (nSPS) is 15.0. The Labute approximate surface area is 124 Å². The zero-order chi connectivity index (χ0) is 14.4. The van der Waals surface area contributed by atoms with Crippen LogP contribution in [0.25, 0.3) is 22.2 Å². The van der Waals surface area contributed by atoms with Crippen molar-refractivity contribution in [1.29, 1.82) is 0 Å². The predicted octanol–water partition coefficient (Wildman–Crippen LogP) is 4.56. The summed E-state index contributed by atoms with van der Waals surface area (Å²) in [6, 6.07) is 11.5. The van der Waals surface area contributed by atoms with E-state index in [1.807, 2.05) is 12.4 Å². The lowest BCUT2D eigenvalue weighted by molar-refractivity contribution is 0.665. The molecule has 21 heavy (non-hydrogen) atoms.